The molecule has 0 radical (unpaired) electrons. The average Bonchev–Trinajstić information content (AvgIpc) is 2.62. The third kappa shape index (κ3) is 5.21. The van der Waals surface area contributed by atoms with Gasteiger partial charge in [0.2, 0.25) is 5.91 Å². The van der Waals surface area contributed by atoms with E-state index in [0.717, 1.165) is 27.2 Å². The van der Waals surface area contributed by atoms with Gasteiger partial charge in [0, 0.05) is 21.8 Å². The number of amides is 1. The van der Waals surface area contributed by atoms with E-state index < -0.39 is 0 Å². The van der Waals surface area contributed by atoms with Gasteiger partial charge in [-0.3, -0.25) is 10.1 Å². The Morgan fingerprint density at radius 2 is 1.72 bits per heavy atom. The first kappa shape index (κ1) is 19.3. The quantitative estimate of drug-likeness (QED) is 0.724. The number of halogens is 1. The van der Waals surface area contributed by atoms with Gasteiger partial charge in [-0.05, 0) is 56.3 Å². The zero-order chi connectivity index (χ0) is 18.4. The fourth-order valence-corrected chi connectivity index (χ4v) is 2.77. The summed E-state index contributed by atoms with van der Waals surface area (Å²) < 4.78 is 11.7. The van der Waals surface area contributed by atoms with E-state index in [0.29, 0.717) is 0 Å². The largest absolute Gasteiger partial charge is 0.497 e. The van der Waals surface area contributed by atoms with E-state index in [9.17, 15) is 4.79 Å². The highest BCUT2D eigenvalue weighted by molar-refractivity contribution is 9.10. The molecule has 2 atom stereocenters. The SMILES string of the molecule is COc1ccc(OC)c(C(C)NC(C)C(=O)Nc2ccc(Br)cc2)c1. The number of anilines is 1. The molecule has 2 aromatic rings. The molecule has 2 N–H and O–H groups in total. The number of benzene rings is 2. The van der Waals surface area contributed by atoms with Crippen LogP contribution in [-0.4, -0.2) is 26.2 Å². The van der Waals surface area contributed by atoms with Gasteiger partial charge in [-0.1, -0.05) is 15.9 Å². The first-order valence-corrected chi connectivity index (χ1v) is 8.78. The Morgan fingerprint density at radius 1 is 1.04 bits per heavy atom. The smallest absolute Gasteiger partial charge is 0.241 e. The molecule has 0 saturated carbocycles. The first-order chi connectivity index (χ1) is 11.9. The number of carbonyl (C=O) groups is 1. The molecule has 5 nitrogen and oxygen atoms in total. The van der Waals surface area contributed by atoms with Gasteiger partial charge >= 0.3 is 0 Å². The second kappa shape index (κ2) is 8.87. The van der Waals surface area contributed by atoms with Gasteiger partial charge in [-0.2, -0.15) is 0 Å². The van der Waals surface area contributed by atoms with Gasteiger partial charge in [0.05, 0.1) is 20.3 Å². The Morgan fingerprint density at radius 3 is 2.32 bits per heavy atom. The Balaban J connectivity index is 2.05. The van der Waals surface area contributed by atoms with Gasteiger partial charge in [-0.15, -0.1) is 0 Å². The maximum absolute atomic E-state index is 12.4. The van der Waals surface area contributed by atoms with Crippen LogP contribution in [0.4, 0.5) is 5.69 Å². The number of carbonyl (C=O) groups excluding carboxylic acids is 1. The molecule has 0 aromatic heterocycles. The average molecular weight is 407 g/mol. The third-order valence-corrected chi connectivity index (χ3v) is 4.44. The van der Waals surface area contributed by atoms with Crippen LogP contribution in [0.15, 0.2) is 46.9 Å². The molecule has 25 heavy (non-hydrogen) atoms. The van der Waals surface area contributed by atoms with Gasteiger partial charge in [0.1, 0.15) is 11.5 Å². The van der Waals surface area contributed by atoms with Gasteiger partial charge in [0.25, 0.3) is 0 Å². The van der Waals surface area contributed by atoms with Crippen LogP contribution in [-0.2, 0) is 4.79 Å². The van der Waals surface area contributed by atoms with E-state index in [2.05, 4.69) is 26.6 Å². The summed E-state index contributed by atoms with van der Waals surface area (Å²) in [6.07, 6.45) is 0. The van der Waals surface area contributed by atoms with Crippen molar-refractivity contribution < 1.29 is 14.3 Å². The van der Waals surface area contributed by atoms with Crippen molar-refractivity contribution in [1.82, 2.24) is 5.32 Å². The topological polar surface area (TPSA) is 59.6 Å². The second-order valence-electron chi connectivity index (χ2n) is 5.71. The predicted molar refractivity (Wildman–Crippen MR) is 103 cm³/mol. The van der Waals surface area contributed by atoms with Gasteiger partial charge < -0.3 is 14.8 Å². The molecule has 2 unspecified atom stereocenters. The molecular formula is C19H23BrN2O3. The molecule has 134 valence electrons. The minimum atomic E-state index is -0.380. The minimum Gasteiger partial charge on any atom is -0.497 e. The van der Waals surface area contributed by atoms with E-state index in [-0.39, 0.29) is 18.0 Å². The number of rotatable bonds is 7. The second-order valence-corrected chi connectivity index (χ2v) is 6.63. The Kier molecular flexibility index (Phi) is 6.84. The normalized spacial score (nSPS) is 13.0. The molecule has 0 bridgehead atoms. The number of hydrogen-bond donors (Lipinski definition) is 2. The lowest BCUT2D eigenvalue weighted by atomic mass is 10.1. The molecule has 0 aliphatic rings. The Hall–Kier alpha value is -2.05. The fraction of sp³-hybridized carbons (Fsp3) is 0.316. The molecule has 0 saturated heterocycles. The highest BCUT2D eigenvalue weighted by Gasteiger charge is 2.19. The van der Waals surface area contributed by atoms with Crippen molar-refractivity contribution in [2.24, 2.45) is 0 Å². The summed E-state index contributed by atoms with van der Waals surface area (Å²) in [7, 11) is 3.25. The Labute approximate surface area is 156 Å². The molecule has 0 aliphatic carbocycles. The highest BCUT2D eigenvalue weighted by Crippen LogP contribution is 2.29. The zero-order valence-corrected chi connectivity index (χ0v) is 16.4. The molecular weight excluding hydrogens is 384 g/mol. The third-order valence-electron chi connectivity index (χ3n) is 3.91. The van der Waals surface area contributed by atoms with Crippen LogP contribution in [0.25, 0.3) is 0 Å². The van der Waals surface area contributed by atoms with Crippen molar-refractivity contribution in [2.45, 2.75) is 25.9 Å². The predicted octanol–water partition coefficient (Wildman–Crippen LogP) is 4.14. The lowest BCUT2D eigenvalue weighted by Gasteiger charge is -2.22. The van der Waals surface area contributed by atoms with Crippen LogP contribution in [0.2, 0.25) is 0 Å². The van der Waals surface area contributed by atoms with Crippen molar-refractivity contribution in [3.05, 3.63) is 52.5 Å². The lowest BCUT2D eigenvalue weighted by Crippen LogP contribution is -2.39. The maximum Gasteiger partial charge on any atom is 0.241 e. The van der Waals surface area contributed by atoms with E-state index in [1.54, 1.807) is 14.2 Å². The molecule has 0 fully saturated rings. The molecule has 0 heterocycles. The summed E-state index contributed by atoms with van der Waals surface area (Å²) >= 11 is 3.38. The number of methoxy groups -OCH3 is 2. The summed E-state index contributed by atoms with van der Waals surface area (Å²) in [6.45, 7) is 3.82. The van der Waals surface area contributed by atoms with Crippen LogP contribution in [0, 0.1) is 0 Å². The van der Waals surface area contributed by atoms with Crippen LogP contribution in [0.3, 0.4) is 0 Å². The van der Waals surface area contributed by atoms with E-state index in [4.69, 9.17) is 9.47 Å². The monoisotopic (exact) mass is 406 g/mol. The van der Waals surface area contributed by atoms with Gasteiger partial charge in [0.15, 0.2) is 0 Å². The van der Waals surface area contributed by atoms with E-state index >= 15 is 0 Å². The molecule has 2 aromatic carbocycles. The van der Waals surface area contributed by atoms with Crippen molar-refractivity contribution >= 4 is 27.5 Å². The lowest BCUT2D eigenvalue weighted by molar-refractivity contribution is -0.117. The fourth-order valence-electron chi connectivity index (χ4n) is 2.50. The summed E-state index contributed by atoms with van der Waals surface area (Å²) in [6, 6.07) is 12.6. The van der Waals surface area contributed by atoms with Crippen molar-refractivity contribution in [3.63, 3.8) is 0 Å². The summed E-state index contributed by atoms with van der Waals surface area (Å²) in [4.78, 5) is 12.4. The van der Waals surface area contributed by atoms with Crippen LogP contribution >= 0.6 is 15.9 Å². The zero-order valence-electron chi connectivity index (χ0n) is 14.8. The standard InChI is InChI=1S/C19H23BrN2O3/c1-12(17-11-16(24-3)9-10-18(17)25-4)21-13(2)19(23)22-15-7-5-14(20)6-8-15/h5-13,21H,1-4H3,(H,22,23). The van der Waals surface area contributed by atoms with E-state index in [1.165, 1.54) is 0 Å². The summed E-state index contributed by atoms with van der Waals surface area (Å²) in [5, 5.41) is 6.20. The van der Waals surface area contributed by atoms with Gasteiger partial charge in [-0.25, -0.2) is 0 Å². The minimum absolute atomic E-state index is 0.0873. The van der Waals surface area contributed by atoms with Crippen molar-refractivity contribution in [1.29, 1.82) is 0 Å². The molecule has 1 amide bonds. The molecule has 2 rings (SSSR count). The Bertz CT molecular complexity index is 719. The highest BCUT2D eigenvalue weighted by atomic mass is 79.9. The van der Waals surface area contributed by atoms with Crippen molar-refractivity contribution in [3.8, 4) is 11.5 Å². The molecule has 0 aliphatic heterocycles. The number of nitrogens with one attached hydrogen (secondary N) is 2. The van der Waals surface area contributed by atoms with Crippen molar-refractivity contribution in [2.75, 3.05) is 19.5 Å². The number of hydrogen-bond acceptors (Lipinski definition) is 4. The maximum atomic E-state index is 12.4. The molecule has 6 heteroatoms. The van der Waals surface area contributed by atoms with E-state index in [1.807, 2.05) is 56.3 Å². The van der Waals surface area contributed by atoms with Crippen LogP contribution in [0.1, 0.15) is 25.5 Å². The summed E-state index contributed by atoms with van der Waals surface area (Å²) in [5.74, 6) is 1.40. The van der Waals surface area contributed by atoms with Crippen LogP contribution in [0.5, 0.6) is 11.5 Å². The summed E-state index contributed by atoms with van der Waals surface area (Å²) in [5.41, 5.74) is 1.69. The van der Waals surface area contributed by atoms with Crippen LogP contribution < -0.4 is 20.1 Å². The number of ether oxygens (including phenoxy) is 2. The molecule has 0 spiro atoms. The first-order valence-electron chi connectivity index (χ1n) is 7.99.